The average Bonchev–Trinajstić information content (AvgIpc) is 3.01. The Bertz CT molecular complexity index is 894. The van der Waals surface area contributed by atoms with Gasteiger partial charge in [-0.1, -0.05) is 46.9 Å². The van der Waals surface area contributed by atoms with Gasteiger partial charge in [0.2, 0.25) is 5.13 Å². The van der Waals surface area contributed by atoms with Crippen LogP contribution in [0.3, 0.4) is 0 Å². The maximum Gasteiger partial charge on any atom is 0.203 e. The first-order valence-corrected chi connectivity index (χ1v) is 8.73. The first-order valence-electron chi connectivity index (χ1n) is 6.71. The molecule has 0 saturated carbocycles. The van der Waals surface area contributed by atoms with Crippen molar-refractivity contribution in [3.63, 3.8) is 0 Å². The van der Waals surface area contributed by atoms with Crippen molar-refractivity contribution in [1.82, 2.24) is 4.98 Å². The Hall–Kier alpha value is -1.79. The van der Waals surface area contributed by atoms with Gasteiger partial charge in [0.1, 0.15) is 5.75 Å². The molecule has 0 unspecified atom stereocenters. The number of thiazole rings is 1. The quantitative estimate of drug-likeness (QED) is 0.423. The van der Waals surface area contributed by atoms with E-state index in [0.29, 0.717) is 20.7 Å². The lowest BCUT2D eigenvalue weighted by atomic mass is 10.2. The predicted molar refractivity (Wildman–Crippen MR) is 102 cm³/mol. The Balaban J connectivity index is 1.73. The molecular formula is C16H10Cl3N3OS. The molecule has 0 amide bonds. The van der Waals surface area contributed by atoms with Gasteiger partial charge in [-0.05, 0) is 24.3 Å². The predicted octanol–water partition coefficient (Wildman–Crippen LogP) is 5.92. The van der Waals surface area contributed by atoms with Crippen LogP contribution in [0.25, 0.3) is 11.3 Å². The van der Waals surface area contributed by atoms with Crippen LogP contribution < -0.4 is 5.43 Å². The zero-order chi connectivity index (χ0) is 17.1. The summed E-state index contributed by atoms with van der Waals surface area (Å²) >= 11 is 19.1. The lowest BCUT2D eigenvalue weighted by Crippen LogP contribution is -1.91. The molecule has 0 saturated heterocycles. The topological polar surface area (TPSA) is 57.5 Å². The van der Waals surface area contributed by atoms with E-state index in [1.807, 2.05) is 29.6 Å². The highest BCUT2D eigenvalue weighted by Crippen LogP contribution is 2.30. The summed E-state index contributed by atoms with van der Waals surface area (Å²) in [5, 5.41) is 17.7. The van der Waals surface area contributed by atoms with Crippen LogP contribution in [-0.2, 0) is 0 Å². The molecule has 24 heavy (non-hydrogen) atoms. The van der Waals surface area contributed by atoms with Gasteiger partial charge in [0.05, 0.1) is 16.9 Å². The van der Waals surface area contributed by atoms with Crippen molar-refractivity contribution in [2.24, 2.45) is 5.10 Å². The van der Waals surface area contributed by atoms with Crippen LogP contribution in [0.2, 0.25) is 15.1 Å². The fourth-order valence-electron chi connectivity index (χ4n) is 1.92. The molecule has 2 N–H and O–H groups in total. The Morgan fingerprint density at radius 1 is 1.08 bits per heavy atom. The van der Waals surface area contributed by atoms with Gasteiger partial charge in [-0.2, -0.15) is 5.10 Å². The summed E-state index contributed by atoms with van der Waals surface area (Å²) in [4.78, 5) is 4.43. The Labute approximate surface area is 157 Å². The van der Waals surface area contributed by atoms with Crippen LogP contribution >= 0.6 is 46.1 Å². The number of anilines is 1. The standard InChI is InChI=1S/C16H10Cl3N3OS/c17-11-3-1-9(2-4-11)14-8-24-16(21-14)22-20-7-10-5-12(18)6-13(19)15(10)23/h1-8,23H,(H,21,22). The number of rotatable bonds is 4. The Morgan fingerprint density at radius 3 is 2.58 bits per heavy atom. The van der Waals surface area contributed by atoms with E-state index < -0.39 is 0 Å². The van der Waals surface area contributed by atoms with Crippen molar-refractivity contribution >= 4 is 57.5 Å². The van der Waals surface area contributed by atoms with Gasteiger partial charge in [-0.25, -0.2) is 4.98 Å². The first-order chi connectivity index (χ1) is 11.5. The van der Waals surface area contributed by atoms with E-state index in [0.717, 1.165) is 11.3 Å². The summed E-state index contributed by atoms with van der Waals surface area (Å²) in [6, 6.07) is 10.4. The maximum absolute atomic E-state index is 9.86. The first kappa shape index (κ1) is 17.0. The molecular weight excluding hydrogens is 389 g/mol. The molecule has 0 aliphatic carbocycles. The summed E-state index contributed by atoms with van der Waals surface area (Å²) in [5.74, 6) is -0.0763. The highest BCUT2D eigenvalue weighted by molar-refractivity contribution is 7.14. The number of phenols is 1. The van der Waals surface area contributed by atoms with Gasteiger partial charge in [0.25, 0.3) is 0 Å². The molecule has 8 heteroatoms. The van der Waals surface area contributed by atoms with Crippen LogP contribution in [0.5, 0.6) is 5.75 Å². The Kier molecular flexibility index (Phi) is 5.26. The van der Waals surface area contributed by atoms with E-state index in [9.17, 15) is 5.11 Å². The van der Waals surface area contributed by atoms with E-state index in [4.69, 9.17) is 34.8 Å². The van der Waals surface area contributed by atoms with E-state index >= 15 is 0 Å². The molecule has 1 heterocycles. The van der Waals surface area contributed by atoms with E-state index in [1.165, 1.54) is 23.6 Å². The molecule has 0 aliphatic rings. The van der Waals surface area contributed by atoms with Crippen LogP contribution in [-0.4, -0.2) is 16.3 Å². The van der Waals surface area contributed by atoms with Crippen molar-refractivity contribution in [3.05, 3.63) is 62.4 Å². The van der Waals surface area contributed by atoms with Crippen molar-refractivity contribution < 1.29 is 5.11 Å². The molecule has 0 atom stereocenters. The SMILES string of the molecule is Oc1c(Cl)cc(Cl)cc1C=NNc1nc(-c2ccc(Cl)cc2)cs1. The minimum Gasteiger partial charge on any atom is -0.506 e. The second-order valence-electron chi connectivity index (χ2n) is 4.74. The fraction of sp³-hybridized carbons (Fsp3) is 0. The zero-order valence-corrected chi connectivity index (χ0v) is 15.1. The monoisotopic (exact) mass is 397 g/mol. The number of hydrogen-bond donors (Lipinski definition) is 2. The van der Waals surface area contributed by atoms with Crippen LogP contribution in [0, 0.1) is 0 Å². The normalized spacial score (nSPS) is 11.1. The van der Waals surface area contributed by atoms with Crippen LogP contribution in [0.4, 0.5) is 5.13 Å². The van der Waals surface area contributed by atoms with E-state index in [-0.39, 0.29) is 10.8 Å². The van der Waals surface area contributed by atoms with Gasteiger partial charge in [0.15, 0.2) is 0 Å². The number of nitrogens with one attached hydrogen (secondary N) is 1. The molecule has 0 aliphatic heterocycles. The molecule has 0 spiro atoms. The van der Waals surface area contributed by atoms with Gasteiger partial charge >= 0.3 is 0 Å². The molecule has 2 aromatic carbocycles. The lowest BCUT2D eigenvalue weighted by Gasteiger charge is -2.02. The van der Waals surface area contributed by atoms with Crippen molar-refractivity contribution in [2.75, 3.05) is 5.43 Å². The van der Waals surface area contributed by atoms with Crippen LogP contribution in [0.15, 0.2) is 46.9 Å². The summed E-state index contributed by atoms with van der Waals surface area (Å²) < 4.78 is 0. The summed E-state index contributed by atoms with van der Waals surface area (Å²) in [6.45, 7) is 0. The van der Waals surface area contributed by atoms with Crippen LogP contribution in [0.1, 0.15) is 5.56 Å². The second-order valence-corrected chi connectivity index (χ2v) is 6.88. The average molecular weight is 399 g/mol. The molecule has 0 fully saturated rings. The minimum atomic E-state index is -0.0763. The smallest absolute Gasteiger partial charge is 0.203 e. The molecule has 0 bridgehead atoms. The number of phenolic OH excluding ortho intramolecular Hbond substituents is 1. The van der Waals surface area contributed by atoms with E-state index in [2.05, 4.69) is 15.5 Å². The summed E-state index contributed by atoms with van der Waals surface area (Å²) in [5.41, 5.74) is 5.01. The molecule has 122 valence electrons. The van der Waals surface area contributed by atoms with E-state index in [1.54, 1.807) is 6.07 Å². The molecule has 3 rings (SSSR count). The van der Waals surface area contributed by atoms with Gasteiger partial charge in [-0.15, -0.1) is 11.3 Å². The third kappa shape index (κ3) is 3.99. The minimum absolute atomic E-state index is 0.0763. The second kappa shape index (κ2) is 7.40. The van der Waals surface area contributed by atoms with Crippen molar-refractivity contribution in [1.29, 1.82) is 0 Å². The van der Waals surface area contributed by atoms with Crippen molar-refractivity contribution in [3.8, 4) is 17.0 Å². The molecule has 3 aromatic rings. The number of benzene rings is 2. The number of aromatic hydroxyl groups is 1. The third-order valence-electron chi connectivity index (χ3n) is 3.07. The largest absolute Gasteiger partial charge is 0.506 e. The van der Waals surface area contributed by atoms with Gasteiger partial charge in [-0.3, -0.25) is 5.43 Å². The fourth-order valence-corrected chi connectivity index (χ4v) is 3.22. The highest BCUT2D eigenvalue weighted by Gasteiger charge is 2.07. The molecule has 4 nitrogen and oxygen atoms in total. The summed E-state index contributed by atoms with van der Waals surface area (Å²) in [7, 11) is 0. The van der Waals surface area contributed by atoms with Gasteiger partial charge in [0, 0.05) is 26.6 Å². The zero-order valence-electron chi connectivity index (χ0n) is 12.0. The number of halogens is 3. The number of hydrogen-bond acceptors (Lipinski definition) is 5. The molecule has 0 radical (unpaired) electrons. The highest BCUT2D eigenvalue weighted by atomic mass is 35.5. The van der Waals surface area contributed by atoms with Gasteiger partial charge < -0.3 is 5.11 Å². The van der Waals surface area contributed by atoms with Crippen molar-refractivity contribution in [2.45, 2.75) is 0 Å². The summed E-state index contributed by atoms with van der Waals surface area (Å²) in [6.07, 6.45) is 1.43. The third-order valence-corrected chi connectivity index (χ3v) is 4.57. The number of aromatic nitrogens is 1. The number of nitrogens with zero attached hydrogens (tertiary/aromatic N) is 2. The number of hydrazone groups is 1. The molecule has 1 aromatic heterocycles. The lowest BCUT2D eigenvalue weighted by molar-refractivity contribution is 0.475. The maximum atomic E-state index is 9.86. The Morgan fingerprint density at radius 2 is 1.83 bits per heavy atom.